The Morgan fingerprint density at radius 3 is 2.91 bits per heavy atom. The molecule has 0 radical (unpaired) electrons. The quantitative estimate of drug-likeness (QED) is 0.799. The number of pyridine rings is 1. The summed E-state index contributed by atoms with van der Waals surface area (Å²) in [5, 5.41) is 2.89. The van der Waals surface area contributed by atoms with E-state index < -0.39 is 0 Å². The van der Waals surface area contributed by atoms with Gasteiger partial charge < -0.3 is 10.1 Å². The maximum Gasteiger partial charge on any atom is 0.244 e. The van der Waals surface area contributed by atoms with Crippen LogP contribution < -0.4 is 10.1 Å². The summed E-state index contributed by atoms with van der Waals surface area (Å²) in [5.74, 6) is 1.43. The molecule has 0 spiro atoms. The monoisotopic (exact) mass is 308 g/mol. The summed E-state index contributed by atoms with van der Waals surface area (Å²) in [4.78, 5) is 15.9. The van der Waals surface area contributed by atoms with E-state index in [1.165, 1.54) is 18.9 Å². The van der Waals surface area contributed by atoms with Gasteiger partial charge in [-0.25, -0.2) is 0 Å². The normalized spacial score (nSPS) is 13.9. The van der Waals surface area contributed by atoms with Crippen LogP contribution in [0.4, 0.5) is 0 Å². The van der Waals surface area contributed by atoms with Crippen LogP contribution in [0, 0.1) is 5.92 Å². The average molecular weight is 308 g/mol. The van der Waals surface area contributed by atoms with Crippen LogP contribution in [-0.4, -0.2) is 17.5 Å². The molecule has 1 aromatic heterocycles. The smallest absolute Gasteiger partial charge is 0.244 e. The molecule has 0 saturated heterocycles. The fourth-order valence-corrected chi connectivity index (χ4v) is 2.17. The molecule has 4 heteroatoms. The predicted octanol–water partition coefficient (Wildman–Crippen LogP) is 3.20. The lowest BCUT2D eigenvalue weighted by Gasteiger charge is -2.11. The summed E-state index contributed by atoms with van der Waals surface area (Å²) < 4.78 is 5.85. The minimum atomic E-state index is -0.133. The molecule has 1 aliphatic rings. The number of para-hydroxylation sites is 1. The first-order valence-electron chi connectivity index (χ1n) is 7.88. The molecule has 23 heavy (non-hydrogen) atoms. The molecule has 3 rings (SSSR count). The van der Waals surface area contributed by atoms with Gasteiger partial charge in [0.2, 0.25) is 5.91 Å². The van der Waals surface area contributed by atoms with Gasteiger partial charge in [-0.05, 0) is 42.5 Å². The number of hydrogen-bond donors (Lipinski definition) is 1. The van der Waals surface area contributed by atoms with Crippen LogP contribution in [0.15, 0.2) is 54.9 Å². The van der Waals surface area contributed by atoms with Crippen LogP contribution in [-0.2, 0) is 11.3 Å². The molecule has 1 heterocycles. The Kier molecular flexibility index (Phi) is 5.04. The van der Waals surface area contributed by atoms with Crippen LogP contribution in [0.2, 0.25) is 0 Å². The van der Waals surface area contributed by atoms with E-state index in [0.29, 0.717) is 12.5 Å². The number of aromatic nitrogens is 1. The lowest BCUT2D eigenvalue weighted by atomic mass is 10.2. The molecule has 0 unspecified atom stereocenters. The first-order valence-corrected chi connectivity index (χ1v) is 7.88. The topological polar surface area (TPSA) is 51.2 Å². The Labute approximate surface area is 136 Å². The van der Waals surface area contributed by atoms with E-state index in [1.54, 1.807) is 18.5 Å². The number of amides is 1. The molecule has 1 aliphatic carbocycles. The SMILES string of the molecule is O=C(/C=C\c1cccnc1)NCc1ccccc1OCC1CC1. The molecule has 1 amide bonds. The van der Waals surface area contributed by atoms with E-state index in [9.17, 15) is 4.79 Å². The van der Waals surface area contributed by atoms with Crippen molar-refractivity contribution < 1.29 is 9.53 Å². The molecular weight excluding hydrogens is 288 g/mol. The van der Waals surface area contributed by atoms with Crippen molar-refractivity contribution in [2.24, 2.45) is 5.92 Å². The summed E-state index contributed by atoms with van der Waals surface area (Å²) in [5.41, 5.74) is 1.90. The van der Waals surface area contributed by atoms with Crippen molar-refractivity contribution >= 4 is 12.0 Å². The zero-order chi connectivity index (χ0) is 15.9. The molecule has 0 atom stereocenters. The van der Waals surface area contributed by atoms with Gasteiger partial charge in [-0.15, -0.1) is 0 Å². The van der Waals surface area contributed by atoms with Gasteiger partial charge in [-0.1, -0.05) is 24.3 Å². The molecule has 4 nitrogen and oxygen atoms in total. The van der Waals surface area contributed by atoms with Crippen LogP contribution in [0.3, 0.4) is 0 Å². The van der Waals surface area contributed by atoms with Gasteiger partial charge in [0, 0.05) is 30.6 Å². The molecule has 118 valence electrons. The van der Waals surface area contributed by atoms with E-state index in [4.69, 9.17) is 4.74 Å². The lowest BCUT2D eigenvalue weighted by molar-refractivity contribution is -0.116. The number of carbonyl (C=O) groups excluding carboxylic acids is 1. The zero-order valence-electron chi connectivity index (χ0n) is 12.9. The lowest BCUT2D eigenvalue weighted by Crippen LogP contribution is -2.20. The Balaban J connectivity index is 1.53. The van der Waals surface area contributed by atoms with Gasteiger partial charge >= 0.3 is 0 Å². The van der Waals surface area contributed by atoms with E-state index in [2.05, 4.69) is 10.3 Å². The standard InChI is InChI=1S/C19H20N2O2/c22-19(10-9-15-4-3-11-20-12-15)21-13-17-5-1-2-6-18(17)23-14-16-7-8-16/h1-6,9-12,16H,7-8,13-14H2,(H,21,22)/b10-9-. The first-order chi connectivity index (χ1) is 11.3. The molecule has 0 bridgehead atoms. The van der Waals surface area contributed by atoms with Crippen molar-refractivity contribution in [1.29, 1.82) is 0 Å². The summed E-state index contributed by atoms with van der Waals surface area (Å²) >= 11 is 0. The van der Waals surface area contributed by atoms with Gasteiger partial charge in [0.25, 0.3) is 0 Å². The largest absolute Gasteiger partial charge is 0.493 e. The Morgan fingerprint density at radius 1 is 1.26 bits per heavy atom. The fraction of sp³-hybridized carbons (Fsp3) is 0.263. The van der Waals surface area contributed by atoms with E-state index in [-0.39, 0.29) is 5.91 Å². The number of nitrogens with zero attached hydrogens (tertiary/aromatic N) is 1. The van der Waals surface area contributed by atoms with Gasteiger partial charge in [-0.3, -0.25) is 9.78 Å². The molecule has 1 aromatic carbocycles. The van der Waals surface area contributed by atoms with Crippen LogP contribution in [0.5, 0.6) is 5.75 Å². The third-order valence-corrected chi connectivity index (χ3v) is 3.71. The highest BCUT2D eigenvalue weighted by Crippen LogP contribution is 2.30. The second kappa shape index (κ2) is 7.58. The second-order valence-electron chi connectivity index (χ2n) is 5.70. The van der Waals surface area contributed by atoms with Crippen molar-refractivity contribution in [2.45, 2.75) is 19.4 Å². The molecule has 0 aliphatic heterocycles. The van der Waals surface area contributed by atoms with Gasteiger partial charge in [-0.2, -0.15) is 0 Å². The Morgan fingerprint density at radius 2 is 2.13 bits per heavy atom. The second-order valence-corrected chi connectivity index (χ2v) is 5.70. The minimum absolute atomic E-state index is 0.133. The van der Waals surface area contributed by atoms with Gasteiger partial charge in [0.05, 0.1) is 6.61 Å². The minimum Gasteiger partial charge on any atom is -0.493 e. The number of ether oxygens (including phenoxy) is 1. The van der Waals surface area contributed by atoms with E-state index in [0.717, 1.165) is 23.5 Å². The Bertz CT molecular complexity index is 679. The first kappa shape index (κ1) is 15.3. The summed E-state index contributed by atoms with van der Waals surface area (Å²) in [7, 11) is 0. The number of benzene rings is 1. The fourth-order valence-electron chi connectivity index (χ4n) is 2.17. The summed E-state index contributed by atoms with van der Waals surface area (Å²) in [6.45, 7) is 1.23. The van der Waals surface area contributed by atoms with Crippen LogP contribution >= 0.6 is 0 Å². The highest BCUT2D eigenvalue weighted by atomic mass is 16.5. The molecule has 1 N–H and O–H groups in total. The average Bonchev–Trinajstić information content (AvgIpc) is 3.42. The predicted molar refractivity (Wildman–Crippen MR) is 89.8 cm³/mol. The van der Waals surface area contributed by atoms with E-state index in [1.807, 2.05) is 36.4 Å². The third-order valence-electron chi connectivity index (χ3n) is 3.71. The van der Waals surface area contributed by atoms with Crippen molar-refractivity contribution in [3.63, 3.8) is 0 Å². The number of hydrogen-bond acceptors (Lipinski definition) is 3. The molecule has 1 saturated carbocycles. The zero-order valence-corrected chi connectivity index (χ0v) is 12.9. The van der Waals surface area contributed by atoms with Crippen molar-refractivity contribution in [2.75, 3.05) is 6.61 Å². The van der Waals surface area contributed by atoms with Gasteiger partial charge in [0.1, 0.15) is 5.75 Å². The molecule has 2 aromatic rings. The molecular formula is C19H20N2O2. The molecule has 1 fully saturated rings. The van der Waals surface area contributed by atoms with Crippen LogP contribution in [0.1, 0.15) is 24.0 Å². The van der Waals surface area contributed by atoms with Crippen LogP contribution in [0.25, 0.3) is 6.08 Å². The third kappa shape index (κ3) is 4.95. The maximum atomic E-state index is 11.9. The highest BCUT2D eigenvalue weighted by molar-refractivity contribution is 5.91. The summed E-state index contributed by atoms with van der Waals surface area (Å²) in [6, 6.07) is 11.6. The van der Waals surface area contributed by atoms with Gasteiger partial charge in [0.15, 0.2) is 0 Å². The van der Waals surface area contributed by atoms with Crippen molar-refractivity contribution in [1.82, 2.24) is 10.3 Å². The highest BCUT2D eigenvalue weighted by Gasteiger charge is 2.22. The van der Waals surface area contributed by atoms with Crippen molar-refractivity contribution in [3.05, 3.63) is 66.0 Å². The Hall–Kier alpha value is -2.62. The van der Waals surface area contributed by atoms with E-state index >= 15 is 0 Å². The number of rotatable bonds is 7. The van der Waals surface area contributed by atoms with Crippen molar-refractivity contribution in [3.8, 4) is 5.75 Å². The number of carbonyl (C=O) groups is 1. The summed E-state index contributed by atoms with van der Waals surface area (Å²) in [6.07, 6.45) is 9.21. The maximum absolute atomic E-state index is 11.9. The number of nitrogens with one attached hydrogen (secondary N) is 1.